The van der Waals surface area contributed by atoms with E-state index in [1.54, 1.807) is 0 Å². The molecule has 9 nitrogen and oxygen atoms in total. The number of methoxy groups -OCH3 is 2. The number of sulfone groups is 1. The summed E-state index contributed by atoms with van der Waals surface area (Å²) >= 11 is 0. The van der Waals surface area contributed by atoms with Crippen LogP contribution in [0.2, 0.25) is 0 Å². The third-order valence-electron chi connectivity index (χ3n) is 3.51. The Bertz CT molecular complexity index is 745. The smallest absolute Gasteiger partial charge is 0.286 e. The number of rotatable bonds is 5. The van der Waals surface area contributed by atoms with Crippen molar-refractivity contribution in [3.63, 3.8) is 0 Å². The summed E-state index contributed by atoms with van der Waals surface area (Å²) in [5, 5.41) is 13.7. The first-order chi connectivity index (χ1) is 10.8. The van der Waals surface area contributed by atoms with Gasteiger partial charge in [0.1, 0.15) is 5.56 Å². The number of carbonyl (C=O) groups is 1. The third kappa shape index (κ3) is 3.70. The molecule has 0 unspecified atom stereocenters. The second kappa shape index (κ2) is 6.41. The van der Waals surface area contributed by atoms with E-state index in [0.717, 1.165) is 6.07 Å². The van der Waals surface area contributed by atoms with Gasteiger partial charge in [-0.05, 0) is 6.42 Å². The van der Waals surface area contributed by atoms with E-state index < -0.39 is 32.4 Å². The maximum atomic E-state index is 12.3. The first-order valence-corrected chi connectivity index (χ1v) is 8.51. The summed E-state index contributed by atoms with van der Waals surface area (Å²) < 4.78 is 32.9. The zero-order chi connectivity index (χ0) is 17.2. The molecule has 1 aromatic rings. The van der Waals surface area contributed by atoms with Crippen molar-refractivity contribution in [2.75, 3.05) is 25.7 Å². The van der Waals surface area contributed by atoms with E-state index in [0.29, 0.717) is 0 Å². The maximum absolute atomic E-state index is 12.3. The average molecular weight is 344 g/mol. The van der Waals surface area contributed by atoms with Gasteiger partial charge in [0.25, 0.3) is 11.6 Å². The van der Waals surface area contributed by atoms with Crippen LogP contribution in [0.4, 0.5) is 5.69 Å². The van der Waals surface area contributed by atoms with Gasteiger partial charge in [0, 0.05) is 12.1 Å². The van der Waals surface area contributed by atoms with Crippen molar-refractivity contribution in [2.24, 2.45) is 0 Å². The van der Waals surface area contributed by atoms with Gasteiger partial charge in [0.2, 0.25) is 0 Å². The molecule has 1 aliphatic heterocycles. The fourth-order valence-corrected chi connectivity index (χ4v) is 4.05. The molecule has 1 aromatic carbocycles. The highest BCUT2D eigenvalue weighted by atomic mass is 32.2. The Morgan fingerprint density at radius 3 is 2.39 bits per heavy atom. The molecule has 1 N–H and O–H groups in total. The summed E-state index contributed by atoms with van der Waals surface area (Å²) in [5.74, 6) is -0.604. The van der Waals surface area contributed by atoms with Crippen molar-refractivity contribution in [1.82, 2.24) is 5.32 Å². The molecular weight excluding hydrogens is 328 g/mol. The number of nitrogens with one attached hydrogen (secondary N) is 1. The molecule has 1 aliphatic rings. The van der Waals surface area contributed by atoms with Crippen LogP contribution in [-0.4, -0.2) is 51.0 Å². The Morgan fingerprint density at radius 2 is 1.91 bits per heavy atom. The fraction of sp³-hybridized carbons (Fsp3) is 0.462. The first kappa shape index (κ1) is 17.0. The van der Waals surface area contributed by atoms with Crippen molar-refractivity contribution >= 4 is 21.4 Å². The third-order valence-corrected chi connectivity index (χ3v) is 5.28. The second-order valence-electron chi connectivity index (χ2n) is 5.05. The van der Waals surface area contributed by atoms with Crippen LogP contribution in [0.1, 0.15) is 16.8 Å². The number of benzene rings is 1. The van der Waals surface area contributed by atoms with Gasteiger partial charge in [-0.3, -0.25) is 14.9 Å². The summed E-state index contributed by atoms with van der Waals surface area (Å²) in [6.07, 6.45) is 0.287. The van der Waals surface area contributed by atoms with Gasteiger partial charge < -0.3 is 14.8 Å². The lowest BCUT2D eigenvalue weighted by Gasteiger charge is -2.13. The van der Waals surface area contributed by atoms with Gasteiger partial charge in [-0.2, -0.15) is 0 Å². The highest BCUT2D eigenvalue weighted by Crippen LogP contribution is 2.34. The van der Waals surface area contributed by atoms with Crippen molar-refractivity contribution in [1.29, 1.82) is 0 Å². The number of nitro groups is 1. The molecule has 0 radical (unpaired) electrons. The molecule has 2 rings (SSSR count). The molecule has 126 valence electrons. The molecule has 0 bridgehead atoms. The van der Waals surface area contributed by atoms with Crippen LogP contribution in [0.15, 0.2) is 12.1 Å². The highest BCUT2D eigenvalue weighted by Gasteiger charge is 2.31. The molecule has 1 saturated heterocycles. The zero-order valence-corrected chi connectivity index (χ0v) is 13.4. The monoisotopic (exact) mass is 344 g/mol. The van der Waals surface area contributed by atoms with E-state index in [4.69, 9.17) is 9.47 Å². The van der Waals surface area contributed by atoms with Gasteiger partial charge in [0.05, 0.1) is 36.7 Å². The summed E-state index contributed by atoms with van der Waals surface area (Å²) in [6.45, 7) is 0. The van der Waals surface area contributed by atoms with Crippen LogP contribution >= 0.6 is 0 Å². The number of carbonyl (C=O) groups excluding carboxylic acids is 1. The van der Waals surface area contributed by atoms with Gasteiger partial charge in [-0.15, -0.1) is 0 Å². The minimum absolute atomic E-state index is 0.00796. The van der Waals surface area contributed by atoms with Gasteiger partial charge >= 0.3 is 0 Å². The Labute approximate surface area is 132 Å². The lowest BCUT2D eigenvalue weighted by atomic mass is 10.1. The Balaban J connectivity index is 2.33. The molecule has 0 spiro atoms. The van der Waals surface area contributed by atoms with Crippen LogP contribution in [0.3, 0.4) is 0 Å². The fourth-order valence-electron chi connectivity index (χ4n) is 2.37. The molecule has 23 heavy (non-hydrogen) atoms. The first-order valence-electron chi connectivity index (χ1n) is 6.69. The SMILES string of the molecule is COc1cc(C(=O)N[C@@H]2CCS(=O)(=O)C2)c([N+](=O)[O-])cc1OC. The van der Waals surface area contributed by atoms with Crippen LogP contribution in [0.5, 0.6) is 11.5 Å². The number of hydrogen-bond donors (Lipinski definition) is 1. The van der Waals surface area contributed by atoms with Crippen molar-refractivity contribution in [3.8, 4) is 11.5 Å². The lowest BCUT2D eigenvalue weighted by molar-refractivity contribution is -0.385. The second-order valence-corrected chi connectivity index (χ2v) is 7.28. The summed E-state index contributed by atoms with van der Waals surface area (Å²) in [6, 6.07) is 1.75. The molecule has 1 fully saturated rings. The molecule has 0 aliphatic carbocycles. The van der Waals surface area contributed by atoms with E-state index in [9.17, 15) is 23.3 Å². The predicted octanol–water partition coefficient (Wildman–Crippen LogP) is 0.529. The van der Waals surface area contributed by atoms with Crippen LogP contribution in [-0.2, 0) is 9.84 Å². The number of nitrogens with zero attached hydrogens (tertiary/aromatic N) is 1. The molecule has 1 heterocycles. The van der Waals surface area contributed by atoms with E-state index in [-0.39, 0.29) is 35.0 Å². The predicted molar refractivity (Wildman–Crippen MR) is 80.7 cm³/mol. The standard InChI is InChI=1S/C13H16N2O7S/c1-21-11-5-9(10(15(17)18)6-12(11)22-2)13(16)14-8-3-4-23(19,20)7-8/h5-6,8H,3-4,7H2,1-2H3,(H,14,16)/t8-/m1/s1. The minimum Gasteiger partial charge on any atom is -0.493 e. The van der Waals surface area contributed by atoms with Crippen LogP contribution in [0, 0.1) is 10.1 Å². The number of nitro benzene ring substituents is 1. The van der Waals surface area contributed by atoms with E-state index in [1.807, 2.05) is 0 Å². The molecule has 1 atom stereocenters. The minimum atomic E-state index is -3.17. The molecule has 10 heteroatoms. The largest absolute Gasteiger partial charge is 0.493 e. The van der Waals surface area contributed by atoms with Gasteiger partial charge in [-0.25, -0.2) is 8.42 Å². The average Bonchev–Trinajstić information content (AvgIpc) is 2.84. The number of hydrogen-bond acceptors (Lipinski definition) is 7. The Kier molecular flexibility index (Phi) is 4.73. The van der Waals surface area contributed by atoms with Gasteiger partial charge in [0.15, 0.2) is 21.3 Å². The van der Waals surface area contributed by atoms with Crippen molar-refractivity contribution < 1.29 is 27.6 Å². The van der Waals surface area contributed by atoms with E-state index in [1.165, 1.54) is 20.3 Å². The molecular formula is C13H16N2O7S. The normalized spacial score (nSPS) is 19.1. The Hall–Kier alpha value is -2.36. The summed E-state index contributed by atoms with van der Waals surface area (Å²) in [7, 11) is -0.500. The topological polar surface area (TPSA) is 125 Å². The quantitative estimate of drug-likeness (QED) is 0.610. The summed E-state index contributed by atoms with van der Waals surface area (Å²) in [5.41, 5.74) is -0.655. The summed E-state index contributed by atoms with van der Waals surface area (Å²) in [4.78, 5) is 22.8. The van der Waals surface area contributed by atoms with Crippen LogP contribution in [0.25, 0.3) is 0 Å². The maximum Gasteiger partial charge on any atom is 0.286 e. The van der Waals surface area contributed by atoms with Gasteiger partial charge in [-0.1, -0.05) is 0 Å². The lowest BCUT2D eigenvalue weighted by Crippen LogP contribution is -2.35. The van der Waals surface area contributed by atoms with Crippen molar-refractivity contribution in [3.05, 3.63) is 27.8 Å². The van der Waals surface area contributed by atoms with Crippen LogP contribution < -0.4 is 14.8 Å². The molecule has 0 saturated carbocycles. The number of amides is 1. The van der Waals surface area contributed by atoms with E-state index in [2.05, 4.69) is 5.32 Å². The zero-order valence-electron chi connectivity index (χ0n) is 12.6. The van der Waals surface area contributed by atoms with Crippen molar-refractivity contribution in [2.45, 2.75) is 12.5 Å². The van der Waals surface area contributed by atoms with E-state index >= 15 is 0 Å². The molecule has 1 amide bonds. The highest BCUT2D eigenvalue weighted by molar-refractivity contribution is 7.91. The molecule has 0 aromatic heterocycles. The number of ether oxygens (including phenoxy) is 2. The Morgan fingerprint density at radius 1 is 1.30 bits per heavy atom.